The van der Waals surface area contributed by atoms with Gasteiger partial charge in [0.1, 0.15) is 0 Å². The molecule has 9 heteroatoms. The Labute approximate surface area is 58.4 Å². The predicted octanol–water partition coefficient (Wildman–Crippen LogP) is -0.0969. The normalized spacial score (nSPS) is 15.4. The zero-order valence-electron chi connectivity index (χ0n) is 4.94. The molecule has 0 heterocycles. The van der Waals surface area contributed by atoms with Crippen molar-refractivity contribution in [2.75, 3.05) is 6.79 Å². The average Bonchev–Trinajstić information content (AvgIpc) is 1.63. The molecule has 0 radical (unpaired) electrons. The quantitative estimate of drug-likeness (QED) is 0.420. The third-order valence-corrected chi connectivity index (χ3v) is 1.09. The summed E-state index contributed by atoms with van der Waals surface area (Å²) in [7, 11) is -6.08. The van der Waals surface area contributed by atoms with Crippen molar-refractivity contribution in [1.29, 1.82) is 0 Å². The molecule has 10 heavy (non-hydrogen) atoms. The predicted molar refractivity (Wildman–Crippen MR) is 34.5 cm³/mol. The Balaban J connectivity index is 0. The van der Waals surface area contributed by atoms with Crippen molar-refractivity contribution < 1.29 is 28.0 Å². The van der Waals surface area contributed by atoms with Crippen LogP contribution in [0.3, 0.4) is 0 Å². The molecule has 0 saturated carbocycles. The highest BCUT2D eigenvalue weighted by atomic mass is 31.1. The monoisotopic (exact) mass is 193 g/mol. The van der Waals surface area contributed by atoms with Gasteiger partial charge in [-0.05, 0) is 0 Å². The van der Waals surface area contributed by atoms with Gasteiger partial charge >= 0.3 is 16.5 Å². The molecule has 0 aromatic rings. The summed E-state index contributed by atoms with van der Waals surface area (Å²) in [6, 6.07) is 0. The van der Waals surface area contributed by atoms with Crippen LogP contribution in [-0.4, -0.2) is 16.6 Å². The molecule has 0 aliphatic heterocycles. The Hall–Kier alpha value is 0.260. The van der Waals surface area contributed by atoms with Crippen LogP contribution in [0.1, 0.15) is 0 Å². The maximum absolute atomic E-state index is 9.69. The van der Waals surface area contributed by atoms with Crippen molar-refractivity contribution in [1.82, 2.24) is 6.15 Å². The first-order valence-electron chi connectivity index (χ1n) is 1.84. The van der Waals surface area contributed by atoms with E-state index in [9.17, 15) is 9.13 Å². The lowest BCUT2D eigenvalue weighted by Crippen LogP contribution is -1.85. The fraction of sp³-hybridized carbons (Fsp3) is 1.00. The Kier molecular flexibility index (Phi) is 9.50. The highest BCUT2D eigenvalue weighted by Crippen LogP contribution is 2.19. The molecule has 0 amide bonds. The van der Waals surface area contributed by atoms with Gasteiger partial charge < -0.3 is 15.9 Å². The van der Waals surface area contributed by atoms with Crippen LogP contribution in [0.2, 0.25) is 0 Å². The van der Waals surface area contributed by atoms with Gasteiger partial charge in [0, 0.05) is 0 Å². The van der Waals surface area contributed by atoms with Crippen LogP contribution < -0.4 is 6.15 Å². The molecule has 64 valence electrons. The summed E-state index contributed by atoms with van der Waals surface area (Å²) in [6.07, 6.45) is 0. The van der Waals surface area contributed by atoms with Gasteiger partial charge in [-0.3, -0.25) is 18.2 Å². The molecule has 0 aromatic carbocycles. The van der Waals surface area contributed by atoms with Gasteiger partial charge in [-0.25, -0.2) is 0 Å². The molecule has 0 aliphatic rings. The lowest BCUT2D eigenvalue weighted by molar-refractivity contribution is 0.110. The van der Waals surface area contributed by atoms with Gasteiger partial charge in [-0.15, -0.1) is 0 Å². The van der Waals surface area contributed by atoms with Gasteiger partial charge in [0.2, 0.25) is 0 Å². The number of rotatable bonds is 4. The molecule has 0 aromatic heterocycles. The van der Waals surface area contributed by atoms with E-state index in [-0.39, 0.29) is 6.15 Å². The zero-order valence-corrected chi connectivity index (χ0v) is 6.94. The first kappa shape index (κ1) is 12.9. The maximum atomic E-state index is 9.69. The minimum Gasteiger partial charge on any atom is -0.344 e. The van der Waals surface area contributed by atoms with Crippen molar-refractivity contribution in [3.63, 3.8) is 0 Å². The molecule has 5 N–H and O–H groups in total. The minimum absolute atomic E-state index is 0. The first-order chi connectivity index (χ1) is 4.13. The molecule has 2 atom stereocenters. The van der Waals surface area contributed by atoms with Gasteiger partial charge in [-0.2, -0.15) is 0 Å². The molecule has 0 aliphatic carbocycles. The molecule has 0 saturated heterocycles. The van der Waals surface area contributed by atoms with Crippen molar-refractivity contribution >= 4 is 16.5 Å². The van der Waals surface area contributed by atoms with Crippen LogP contribution in [0.5, 0.6) is 0 Å². The fourth-order valence-corrected chi connectivity index (χ4v) is 0.568. The third-order valence-electron chi connectivity index (χ3n) is 0.365. The van der Waals surface area contributed by atoms with Gasteiger partial charge in [0.15, 0.2) is 6.79 Å². The third kappa shape index (κ3) is 11.1. The Morgan fingerprint density at radius 2 is 1.40 bits per heavy atom. The molecule has 0 spiro atoms. The van der Waals surface area contributed by atoms with Gasteiger partial charge in [0.25, 0.3) is 0 Å². The number of hydrogen-bond donors (Lipinski definition) is 3. The summed E-state index contributed by atoms with van der Waals surface area (Å²) in [6.45, 7) is -0.622. The molecule has 0 fully saturated rings. The lowest BCUT2D eigenvalue weighted by Gasteiger charge is -1.96. The molecular formula is CH9NO6P2. The van der Waals surface area contributed by atoms with E-state index in [0.29, 0.717) is 0 Å². The van der Waals surface area contributed by atoms with E-state index >= 15 is 0 Å². The van der Waals surface area contributed by atoms with Crippen LogP contribution in [0.4, 0.5) is 0 Å². The van der Waals surface area contributed by atoms with Crippen LogP contribution in [0.15, 0.2) is 0 Å². The van der Waals surface area contributed by atoms with Gasteiger partial charge in [-0.1, -0.05) is 0 Å². The SMILES string of the molecule is N.O=[PH](O)OCO[PH](=O)O. The van der Waals surface area contributed by atoms with Crippen molar-refractivity contribution in [3.8, 4) is 0 Å². The van der Waals surface area contributed by atoms with E-state index in [2.05, 4.69) is 9.05 Å². The summed E-state index contributed by atoms with van der Waals surface area (Å²) in [5.74, 6) is 0. The van der Waals surface area contributed by atoms with Gasteiger partial charge in [0.05, 0.1) is 0 Å². The van der Waals surface area contributed by atoms with Crippen molar-refractivity contribution in [2.45, 2.75) is 0 Å². The average molecular weight is 193 g/mol. The van der Waals surface area contributed by atoms with E-state index in [1.54, 1.807) is 0 Å². The van der Waals surface area contributed by atoms with Crippen LogP contribution >= 0.6 is 16.5 Å². The second-order valence-electron chi connectivity index (χ2n) is 0.938. The highest BCUT2D eigenvalue weighted by molar-refractivity contribution is 7.32. The highest BCUT2D eigenvalue weighted by Gasteiger charge is 1.93. The minimum atomic E-state index is -3.04. The summed E-state index contributed by atoms with van der Waals surface area (Å²) < 4.78 is 27.2. The first-order valence-corrected chi connectivity index (χ1v) is 4.37. The molecule has 7 nitrogen and oxygen atoms in total. The fourth-order valence-electron chi connectivity index (χ4n) is 0.130. The summed E-state index contributed by atoms with van der Waals surface area (Å²) >= 11 is 0. The molecule has 0 bridgehead atoms. The van der Waals surface area contributed by atoms with E-state index in [4.69, 9.17) is 9.79 Å². The zero-order chi connectivity index (χ0) is 7.28. The second-order valence-corrected chi connectivity index (χ2v) is 2.58. The molecular weight excluding hydrogens is 184 g/mol. The summed E-state index contributed by atoms with van der Waals surface area (Å²) in [4.78, 5) is 15.9. The van der Waals surface area contributed by atoms with Crippen LogP contribution in [0, 0.1) is 0 Å². The number of hydrogen-bond acceptors (Lipinski definition) is 5. The van der Waals surface area contributed by atoms with Crippen LogP contribution in [0.25, 0.3) is 0 Å². The molecule has 0 rings (SSSR count). The summed E-state index contributed by atoms with van der Waals surface area (Å²) in [5.41, 5.74) is 0. The summed E-state index contributed by atoms with van der Waals surface area (Å²) in [5, 5.41) is 0. The topological polar surface area (TPSA) is 128 Å². The standard InChI is InChI=1S/CH6O6P2.H3N/c2-8(3)6-1-7-9(4)5;/h8-9H,1H2,(H,2,3)(H,4,5);1H3. The van der Waals surface area contributed by atoms with Crippen LogP contribution in [-0.2, 0) is 18.2 Å². The lowest BCUT2D eigenvalue weighted by atomic mass is 11.6. The van der Waals surface area contributed by atoms with E-state index < -0.39 is 23.3 Å². The van der Waals surface area contributed by atoms with E-state index in [0.717, 1.165) is 0 Å². The largest absolute Gasteiger partial charge is 0.344 e. The smallest absolute Gasteiger partial charge is 0.318 e. The Bertz CT molecular complexity index is 111. The maximum Gasteiger partial charge on any atom is 0.318 e. The second kappa shape index (κ2) is 7.37. The van der Waals surface area contributed by atoms with Crippen molar-refractivity contribution in [3.05, 3.63) is 0 Å². The van der Waals surface area contributed by atoms with Crippen molar-refractivity contribution in [2.24, 2.45) is 0 Å². The van der Waals surface area contributed by atoms with E-state index in [1.807, 2.05) is 0 Å². The molecule has 2 unspecified atom stereocenters. The Morgan fingerprint density at radius 3 is 1.60 bits per heavy atom. The Morgan fingerprint density at radius 1 is 1.10 bits per heavy atom. The van der Waals surface area contributed by atoms with E-state index in [1.165, 1.54) is 0 Å².